The molecule has 0 aliphatic carbocycles. The zero-order chi connectivity index (χ0) is 7.28. The first-order chi connectivity index (χ1) is 4.22. The van der Waals surface area contributed by atoms with Gasteiger partial charge in [0, 0.05) is 18.7 Å². The molecule has 3 nitrogen and oxygen atoms in total. The second-order valence-corrected chi connectivity index (χ2v) is 2.72. The molecular formula is C5H14N2OS. The summed E-state index contributed by atoms with van der Waals surface area (Å²) >= 11 is 1.42. The molecular weight excluding hydrogens is 136 g/mol. The molecule has 0 fully saturated rings. The van der Waals surface area contributed by atoms with Crippen LogP contribution in [0.1, 0.15) is 13.8 Å². The fraction of sp³-hybridized carbons (Fsp3) is 1.00. The van der Waals surface area contributed by atoms with Crippen molar-refractivity contribution in [1.29, 1.82) is 0 Å². The monoisotopic (exact) mass is 150 g/mol. The second kappa shape index (κ2) is 5.05. The normalized spacial score (nSPS) is 14.3. The topological polar surface area (TPSA) is 35.5 Å². The standard InChI is InChI=1S/C5H14N2OS/c1-4-7(5(2)8)9-6-3/h5-6,8H,4H2,1-3H3. The van der Waals surface area contributed by atoms with Gasteiger partial charge in [-0.2, -0.15) is 0 Å². The molecule has 0 rings (SSSR count). The van der Waals surface area contributed by atoms with Crippen LogP contribution in [0.15, 0.2) is 0 Å². The van der Waals surface area contributed by atoms with E-state index >= 15 is 0 Å². The van der Waals surface area contributed by atoms with E-state index in [1.807, 2.05) is 18.3 Å². The first-order valence-corrected chi connectivity index (χ1v) is 3.78. The maximum Gasteiger partial charge on any atom is 0.114 e. The van der Waals surface area contributed by atoms with Gasteiger partial charge in [0.2, 0.25) is 0 Å². The highest BCUT2D eigenvalue weighted by molar-refractivity contribution is 7.95. The SMILES string of the molecule is CCN(SNC)C(C)O. The molecule has 0 saturated heterocycles. The molecule has 0 aromatic carbocycles. The highest BCUT2D eigenvalue weighted by atomic mass is 32.2. The number of aliphatic hydroxyl groups is 1. The highest BCUT2D eigenvalue weighted by Crippen LogP contribution is 2.06. The van der Waals surface area contributed by atoms with E-state index in [0.29, 0.717) is 0 Å². The molecule has 0 radical (unpaired) electrons. The number of rotatable bonds is 4. The Morgan fingerprint density at radius 2 is 2.33 bits per heavy atom. The maximum atomic E-state index is 9.01. The van der Waals surface area contributed by atoms with Crippen LogP contribution >= 0.6 is 12.1 Å². The Morgan fingerprint density at radius 1 is 1.78 bits per heavy atom. The Balaban J connectivity index is 3.41. The molecule has 0 bridgehead atoms. The average molecular weight is 150 g/mol. The van der Waals surface area contributed by atoms with E-state index in [4.69, 9.17) is 5.11 Å². The molecule has 56 valence electrons. The molecule has 9 heavy (non-hydrogen) atoms. The van der Waals surface area contributed by atoms with E-state index in [2.05, 4.69) is 4.72 Å². The van der Waals surface area contributed by atoms with Crippen LogP contribution in [0, 0.1) is 0 Å². The van der Waals surface area contributed by atoms with Crippen LogP contribution in [0.3, 0.4) is 0 Å². The van der Waals surface area contributed by atoms with Crippen molar-refractivity contribution < 1.29 is 5.11 Å². The van der Waals surface area contributed by atoms with Gasteiger partial charge in [-0.3, -0.25) is 4.72 Å². The van der Waals surface area contributed by atoms with Crippen LogP contribution in [-0.2, 0) is 0 Å². The van der Waals surface area contributed by atoms with E-state index in [1.165, 1.54) is 12.1 Å². The van der Waals surface area contributed by atoms with E-state index in [0.717, 1.165) is 6.54 Å². The molecule has 0 aromatic heterocycles. The molecule has 0 heterocycles. The van der Waals surface area contributed by atoms with Gasteiger partial charge in [-0.15, -0.1) is 0 Å². The van der Waals surface area contributed by atoms with Gasteiger partial charge in [0.05, 0.1) is 0 Å². The molecule has 0 spiro atoms. The predicted molar refractivity (Wildman–Crippen MR) is 40.7 cm³/mol. The van der Waals surface area contributed by atoms with Crippen molar-refractivity contribution in [3.8, 4) is 0 Å². The Morgan fingerprint density at radius 3 is 2.44 bits per heavy atom. The maximum absolute atomic E-state index is 9.01. The molecule has 0 aliphatic rings. The Kier molecular flexibility index (Phi) is 5.18. The van der Waals surface area contributed by atoms with Gasteiger partial charge in [-0.1, -0.05) is 6.92 Å². The van der Waals surface area contributed by atoms with Crippen LogP contribution < -0.4 is 4.72 Å². The van der Waals surface area contributed by atoms with Crippen LogP contribution in [0.4, 0.5) is 0 Å². The van der Waals surface area contributed by atoms with Crippen molar-refractivity contribution in [3.63, 3.8) is 0 Å². The molecule has 0 aliphatic heterocycles. The smallest absolute Gasteiger partial charge is 0.114 e. The van der Waals surface area contributed by atoms with E-state index < -0.39 is 0 Å². The minimum atomic E-state index is -0.382. The number of nitrogens with one attached hydrogen (secondary N) is 1. The fourth-order valence-corrected chi connectivity index (χ4v) is 1.04. The third-order valence-electron chi connectivity index (χ3n) is 0.937. The summed E-state index contributed by atoms with van der Waals surface area (Å²) in [5.74, 6) is 0. The van der Waals surface area contributed by atoms with E-state index in [1.54, 1.807) is 6.92 Å². The molecule has 0 amide bonds. The quantitative estimate of drug-likeness (QED) is 0.450. The molecule has 4 heteroatoms. The van der Waals surface area contributed by atoms with Crippen molar-refractivity contribution in [2.45, 2.75) is 20.1 Å². The Bertz CT molecular complexity index is 70.0. The lowest BCUT2D eigenvalue weighted by molar-refractivity contribution is 0.0914. The van der Waals surface area contributed by atoms with Crippen LogP contribution in [0.2, 0.25) is 0 Å². The molecule has 1 atom stereocenters. The zero-order valence-corrected chi connectivity index (χ0v) is 6.90. The highest BCUT2D eigenvalue weighted by Gasteiger charge is 2.06. The molecule has 2 N–H and O–H groups in total. The lowest BCUT2D eigenvalue weighted by Crippen LogP contribution is -2.28. The fourth-order valence-electron chi connectivity index (χ4n) is 0.522. The number of hydrogen-bond donors (Lipinski definition) is 2. The van der Waals surface area contributed by atoms with Gasteiger partial charge in [0.15, 0.2) is 0 Å². The number of aliphatic hydroxyl groups excluding tert-OH is 1. The Labute approximate surface area is 60.7 Å². The van der Waals surface area contributed by atoms with Gasteiger partial charge in [0.1, 0.15) is 6.23 Å². The summed E-state index contributed by atoms with van der Waals surface area (Å²) < 4.78 is 4.72. The third kappa shape index (κ3) is 3.75. The summed E-state index contributed by atoms with van der Waals surface area (Å²) in [7, 11) is 1.83. The van der Waals surface area contributed by atoms with Crippen LogP contribution in [-0.4, -0.2) is 29.2 Å². The Hall–Kier alpha value is 0.230. The van der Waals surface area contributed by atoms with Crippen molar-refractivity contribution in [1.82, 2.24) is 9.03 Å². The lowest BCUT2D eigenvalue weighted by Gasteiger charge is -2.20. The number of hydrogen-bond acceptors (Lipinski definition) is 4. The molecule has 0 aromatic rings. The average Bonchev–Trinajstić information content (AvgIpc) is 1.82. The van der Waals surface area contributed by atoms with Gasteiger partial charge >= 0.3 is 0 Å². The first kappa shape index (κ1) is 9.23. The zero-order valence-electron chi connectivity index (χ0n) is 6.09. The van der Waals surface area contributed by atoms with Crippen molar-refractivity contribution in [2.75, 3.05) is 13.6 Å². The third-order valence-corrected chi connectivity index (χ3v) is 1.92. The molecule has 1 unspecified atom stereocenters. The van der Waals surface area contributed by atoms with Crippen molar-refractivity contribution in [2.24, 2.45) is 0 Å². The summed E-state index contributed by atoms with van der Waals surface area (Å²) in [5.41, 5.74) is 0. The van der Waals surface area contributed by atoms with E-state index in [9.17, 15) is 0 Å². The largest absolute Gasteiger partial charge is 0.378 e. The van der Waals surface area contributed by atoms with Gasteiger partial charge in [-0.25, -0.2) is 4.31 Å². The second-order valence-electron chi connectivity index (χ2n) is 1.66. The minimum absolute atomic E-state index is 0.382. The van der Waals surface area contributed by atoms with Gasteiger partial charge in [-0.05, 0) is 14.0 Å². The van der Waals surface area contributed by atoms with Crippen LogP contribution in [0.5, 0.6) is 0 Å². The lowest BCUT2D eigenvalue weighted by atomic mass is 10.6. The summed E-state index contributed by atoms with van der Waals surface area (Å²) in [4.78, 5) is 0. The van der Waals surface area contributed by atoms with Crippen molar-refractivity contribution >= 4 is 12.1 Å². The van der Waals surface area contributed by atoms with Gasteiger partial charge < -0.3 is 5.11 Å². The number of nitrogens with zero attached hydrogens (tertiary/aromatic N) is 1. The summed E-state index contributed by atoms with van der Waals surface area (Å²) in [6.45, 7) is 4.58. The van der Waals surface area contributed by atoms with Crippen molar-refractivity contribution in [3.05, 3.63) is 0 Å². The van der Waals surface area contributed by atoms with E-state index in [-0.39, 0.29) is 6.23 Å². The van der Waals surface area contributed by atoms with Gasteiger partial charge in [0.25, 0.3) is 0 Å². The summed E-state index contributed by atoms with van der Waals surface area (Å²) in [5, 5.41) is 9.01. The first-order valence-electron chi connectivity index (χ1n) is 3.00. The minimum Gasteiger partial charge on any atom is -0.378 e. The van der Waals surface area contributed by atoms with Crippen LogP contribution in [0.25, 0.3) is 0 Å². The molecule has 0 saturated carbocycles. The predicted octanol–water partition coefficient (Wildman–Crippen LogP) is 0.429. The summed E-state index contributed by atoms with van der Waals surface area (Å²) in [6.07, 6.45) is -0.382. The summed E-state index contributed by atoms with van der Waals surface area (Å²) in [6, 6.07) is 0.